The van der Waals surface area contributed by atoms with Crippen molar-refractivity contribution in [3.05, 3.63) is 41.8 Å². The van der Waals surface area contributed by atoms with Gasteiger partial charge in [-0.05, 0) is 37.1 Å². The van der Waals surface area contributed by atoms with Crippen LogP contribution >= 0.6 is 0 Å². The first kappa shape index (κ1) is 22.1. The fraction of sp³-hybridized carbons (Fsp3) is 0.316. The number of alkyl halides is 3. The zero-order valence-electron chi connectivity index (χ0n) is 15.6. The molecule has 10 heteroatoms. The molecule has 0 saturated carbocycles. The van der Waals surface area contributed by atoms with E-state index in [1.807, 2.05) is 12.2 Å². The average Bonchev–Trinajstić information content (AvgIpc) is 2.64. The van der Waals surface area contributed by atoms with Crippen LogP contribution in [0.1, 0.15) is 25.3 Å². The number of nitrogens with zero attached hydrogens (tertiary/aromatic N) is 1. The third-order valence-electron chi connectivity index (χ3n) is 3.58. The number of amides is 1. The SMILES string of the molecule is CCCOc1ncccc1Oc1cc(NC(=O)CC(=O)C(F)(F)F)c(F)cc1C. The summed E-state index contributed by atoms with van der Waals surface area (Å²) in [7, 11) is 0. The predicted molar refractivity (Wildman–Crippen MR) is 95.5 cm³/mol. The highest BCUT2D eigenvalue weighted by atomic mass is 19.4. The molecule has 0 aliphatic heterocycles. The van der Waals surface area contributed by atoms with Crippen molar-refractivity contribution in [3.8, 4) is 17.4 Å². The Morgan fingerprint density at radius 1 is 1.21 bits per heavy atom. The second kappa shape index (κ2) is 9.35. The Hall–Kier alpha value is -3.17. The Balaban J connectivity index is 2.22. The molecule has 0 unspecified atom stereocenters. The van der Waals surface area contributed by atoms with Crippen molar-refractivity contribution in [1.29, 1.82) is 0 Å². The van der Waals surface area contributed by atoms with Crippen LogP contribution in [-0.4, -0.2) is 29.5 Å². The lowest BCUT2D eigenvalue weighted by Gasteiger charge is -2.14. The van der Waals surface area contributed by atoms with E-state index in [-0.39, 0.29) is 17.4 Å². The first-order chi connectivity index (χ1) is 13.6. The van der Waals surface area contributed by atoms with Crippen molar-refractivity contribution < 1.29 is 36.6 Å². The Bertz CT molecular complexity index is 900. The number of ether oxygens (including phenoxy) is 2. The summed E-state index contributed by atoms with van der Waals surface area (Å²) >= 11 is 0. The van der Waals surface area contributed by atoms with Gasteiger partial charge in [-0.15, -0.1) is 0 Å². The summed E-state index contributed by atoms with van der Waals surface area (Å²) in [6.45, 7) is 3.84. The van der Waals surface area contributed by atoms with Gasteiger partial charge in [-0.3, -0.25) is 9.59 Å². The summed E-state index contributed by atoms with van der Waals surface area (Å²) in [5.41, 5.74) is -0.0670. The lowest BCUT2D eigenvalue weighted by Crippen LogP contribution is -2.28. The Morgan fingerprint density at radius 3 is 2.59 bits per heavy atom. The summed E-state index contributed by atoms with van der Waals surface area (Å²) in [6.07, 6.45) is -4.37. The molecular formula is C19H18F4N2O4. The number of aryl methyl sites for hydroxylation is 1. The van der Waals surface area contributed by atoms with Crippen LogP contribution in [0.25, 0.3) is 0 Å². The quantitative estimate of drug-likeness (QED) is 0.506. The van der Waals surface area contributed by atoms with Crippen LogP contribution in [0.2, 0.25) is 0 Å². The minimum absolute atomic E-state index is 0.123. The van der Waals surface area contributed by atoms with Crippen molar-refractivity contribution >= 4 is 17.4 Å². The number of nitrogens with one attached hydrogen (secondary N) is 1. The van der Waals surface area contributed by atoms with E-state index >= 15 is 0 Å². The third kappa shape index (κ3) is 6.16. The van der Waals surface area contributed by atoms with Gasteiger partial charge in [0.2, 0.25) is 11.7 Å². The molecule has 0 aliphatic rings. The number of hydrogen-bond donors (Lipinski definition) is 1. The van der Waals surface area contributed by atoms with E-state index in [0.717, 1.165) is 18.6 Å². The molecule has 2 aromatic rings. The molecule has 0 spiro atoms. The zero-order chi connectivity index (χ0) is 21.6. The topological polar surface area (TPSA) is 77.5 Å². The highest BCUT2D eigenvalue weighted by molar-refractivity contribution is 6.06. The van der Waals surface area contributed by atoms with Gasteiger partial charge in [0, 0.05) is 12.3 Å². The summed E-state index contributed by atoms with van der Waals surface area (Å²) in [6, 6.07) is 5.32. The van der Waals surface area contributed by atoms with Crippen LogP contribution in [-0.2, 0) is 9.59 Å². The van der Waals surface area contributed by atoms with Gasteiger partial charge in [-0.2, -0.15) is 13.2 Å². The number of pyridine rings is 1. The van der Waals surface area contributed by atoms with E-state index < -0.39 is 35.8 Å². The maximum atomic E-state index is 14.1. The van der Waals surface area contributed by atoms with Crippen molar-refractivity contribution in [1.82, 2.24) is 4.98 Å². The Morgan fingerprint density at radius 2 is 1.93 bits per heavy atom. The Labute approximate surface area is 163 Å². The van der Waals surface area contributed by atoms with Gasteiger partial charge in [0.05, 0.1) is 18.7 Å². The third-order valence-corrected chi connectivity index (χ3v) is 3.58. The largest absolute Gasteiger partial charge is 0.475 e. The summed E-state index contributed by atoms with van der Waals surface area (Å²) < 4.78 is 62.1. The van der Waals surface area contributed by atoms with E-state index in [0.29, 0.717) is 12.2 Å². The minimum atomic E-state index is -5.15. The number of rotatable bonds is 8. The highest BCUT2D eigenvalue weighted by Gasteiger charge is 2.39. The normalized spacial score (nSPS) is 11.1. The standard InChI is InChI=1S/C19H18F4N2O4/c1-3-7-28-18-14(5-4-6-24-18)29-15-9-13(12(20)8-11(15)2)25-17(27)10-16(26)19(21,22)23/h4-6,8-9H,3,7,10H2,1-2H3,(H,25,27). The second-order valence-electron chi connectivity index (χ2n) is 6.00. The molecule has 0 saturated heterocycles. The van der Waals surface area contributed by atoms with E-state index in [1.54, 1.807) is 19.1 Å². The van der Waals surface area contributed by atoms with Crippen LogP contribution in [0.5, 0.6) is 17.4 Å². The van der Waals surface area contributed by atoms with E-state index in [4.69, 9.17) is 9.47 Å². The molecule has 0 bridgehead atoms. The molecule has 0 fully saturated rings. The molecule has 1 heterocycles. The van der Waals surface area contributed by atoms with Gasteiger partial charge >= 0.3 is 6.18 Å². The van der Waals surface area contributed by atoms with E-state index in [2.05, 4.69) is 4.98 Å². The van der Waals surface area contributed by atoms with E-state index in [1.165, 1.54) is 6.20 Å². The summed E-state index contributed by atoms with van der Waals surface area (Å²) in [5.74, 6) is -3.85. The molecule has 0 atom stereocenters. The second-order valence-corrected chi connectivity index (χ2v) is 6.00. The fourth-order valence-electron chi connectivity index (χ4n) is 2.18. The summed E-state index contributed by atoms with van der Waals surface area (Å²) in [4.78, 5) is 26.6. The lowest BCUT2D eigenvalue weighted by atomic mass is 10.1. The van der Waals surface area contributed by atoms with Crippen molar-refractivity contribution in [2.45, 2.75) is 32.9 Å². The molecule has 6 nitrogen and oxygen atoms in total. The Kier molecular flexibility index (Phi) is 7.13. The monoisotopic (exact) mass is 414 g/mol. The average molecular weight is 414 g/mol. The minimum Gasteiger partial charge on any atom is -0.475 e. The molecule has 0 radical (unpaired) electrons. The van der Waals surface area contributed by atoms with Crippen LogP contribution in [0, 0.1) is 12.7 Å². The van der Waals surface area contributed by atoms with Gasteiger partial charge in [-0.1, -0.05) is 6.92 Å². The molecule has 29 heavy (non-hydrogen) atoms. The van der Waals surface area contributed by atoms with Crippen LogP contribution < -0.4 is 14.8 Å². The zero-order valence-corrected chi connectivity index (χ0v) is 15.6. The molecule has 156 valence electrons. The lowest BCUT2D eigenvalue weighted by molar-refractivity contribution is -0.171. The molecule has 1 aromatic carbocycles. The van der Waals surface area contributed by atoms with Crippen molar-refractivity contribution in [2.24, 2.45) is 0 Å². The van der Waals surface area contributed by atoms with Crippen LogP contribution in [0.3, 0.4) is 0 Å². The van der Waals surface area contributed by atoms with Crippen molar-refractivity contribution in [2.75, 3.05) is 11.9 Å². The smallest absolute Gasteiger partial charge is 0.450 e. The molecular weight excluding hydrogens is 396 g/mol. The molecule has 2 rings (SSSR count). The van der Waals surface area contributed by atoms with E-state index in [9.17, 15) is 27.2 Å². The molecule has 0 aliphatic carbocycles. The van der Waals surface area contributed by atoms with Crippen LogP contribution in [0.15, 0.2) is 30.5 Å². The maximum Gasteiger partial charge on any atom is 0.450 e. The summed E-state index contributed by atoms with van der Waals surface area (Å²) in [5, 5.41) is 1.95. The van der Waals surface area contributed by atoms with Gasteiger partial charge in [-0.25, -0.2) is 9.37 Å². The number of benzene rings is 1. The van der Waals surface area contributed by atoms with Crippen molar-refractivity contribution in [3.63, 3.8) is 0 Å². The number of Topliss-reactive ketones (excluding diaryl/α,β-unsaturated/α-hetero) is 1. The predicted octanol–water partition coefficient (Wildman–Crippen LogP) is 4.57. The fourth-order valence-corrected chi connectivity index (χ4v) is 2.18. The first-order valence-electron chi connectivity index (χ1n) is 8.57. The van der Waals surface area contributed by atoms with Gasteiger partial charge in [0.15, 0.2) is 5.75 Å². The first-order valence-corrected chi connectivity index (χ1v) is 8.57. The number of aromatic nitrogens is 1. The molecule has 1 N–H and O–H groups in total. The number of carbonyl (C=O) groups is 2. The number of ketones is 1. The number of anilines is 1. The van der Waals surface area contributed by atoms with Gasteiger partial charge in [0.1, 0.15) is 11.6 Å². The maximum absolute atomic E-state index is 14.1. The van der Waals surface area contributed by atoms with Crippen LogP contribution in [0.4, 0.5) is 23.2 Å². The number of carbonyl (C=O) groups excluding carboxylic acids is 2. The van der Waals surface area contributed by atoms with Gasteiger partial charge in [0.25, 0.3) is 5.88 Å². The number of halogens is 4. The van der Waals surface area contributed by atoms with Gasteiger partial charge < -0.3 is 14.8 Å². The molecule has 1 aromatic heterocycles. The number of hydrogen-bond acceptors (Lipinski definition) is 5. The molecule has 1 amide bonds. The highest BCUT2D eigenvalue weighted by Crippen LogP contribution is 2.34.